The Kier molecular flexibility index (Phi) is 4.85. The molecule has 6 heteroatoms. The van der Waals surface area contributed by atoms with Crippen molar-refractivity contribution in [2.24, 2.45) is 17.0 Å². The minimum absolute atomic E-state index is 0.0436. The number of likely N-dealkylation sites (N-methyl/N-ethyl adjacent to an activating group) is 1. The fraction of sp³-hybridized carbons (Fsp3) is 0.556. The van der Waals surface area contributed by atoms with E-state index in [1.54, 1.807) is 17.0 Å². The first-order chi connectivity index (χ1) is 11.5. The Balaban J connectivity index is 1.61. The second kappa shape index (κ2) is 6.89. The van der Waals surface area contributed by atoms with Gasteiger partial charge in [-0.15, -0.1) is 0 Å². The Morgan fingerprint density at radius 1 is 1.42 bits per heavy atom. The van der Waals surface area contributed by atoms with Crippen LogP contribution in [-0.4, -0.2) is 61.3 Å². The zero-order chi connectivity index (χ0) is 17.3. The molecular formula is C18H24FN3O2. The summed E-state index contributed by atoms with van der Waals surface area (Å²) in [6.07, 6.45) is 0.515. The van der Waals surface area contributed by atoms with E-state index in [9.17, 15) is 9.18 Å². The third-order valence-corrected chi connectivity index (χ3v) is 4.93. The van der Waals surface area contributed by atoms with Crippen LogP contribution >= 0.6 is 0 Å². The molecule has 130 valence electrons. The minimum Gasteiger partial charge on any atom is -0.381 e. The van der Waals surface area contributed by atoms with Crippen molar-refractivity contribution in [1.82, 2.24) is 9.80 Å². The first kappa shape index (κ1) is 16.9. The molecule has 1 saturated heterocycles. The molecule has 3 rings (SSSR count). The number of nitrogens with zero attached hydrogens (tertiary/aromatic N) is 3. The number of amides is 1. The average Bonchev–Trinajstić information content (AvgIpc) is 3.13. The van der Waals surface area contributed by atoms with Gasteiger partial charge in [0, 0.05) is 20.1 Å². The molecule has 0 N–H and O–H groups in total. The molecule has 0 radical (unpaired) electrons. The van der Waals surface area contributed by atoms with Gasteiger partial charge in [0.2, 0.25) is 6.10 Å². The molecular weight excluding hydrogens is 309 g/mol. The number of halogens is 1. The average molecular weight is 333 g/mol. The van der Waals surface area contributed by atoms with Crippen LogP contribution in [0.2, 0.25) is 0 Å². The molecule has 0 spiro atoms. The lowest BCUT2D eigenvalue weighted by Crippen LogP contribution is -2.42. The lowest BCUT2D eigenvalue weighted by molar-refractivity contribution is -0.143. The van der Waals surface area contributed by atoms with Gasteiger partial charge in [-0.25, -0.2) is 4.39 Å². The smallest absolute Gasteiger partial charge is 0.266 e. The highest BCUT2D eigenvalue weighted by Crippen LogP contribution is 2.25. The topological polar surface area (TPSA) is 45.1 Å². The van der Waals surface area contributed by atoms with Gasteiger partial charge in [0.15, 0.2) is 0 Å². The normalized spacial score (nSPS) is 27.0. The number of oxime groups is 1. The van der Waals surface area contributed by atoms with Gasteiger partial charge in [0.05, 0.1) is 11.6 Å². The maximum atomic E-state index is 13.1. The van der Waals surface area contributed by atoms with Gasteiger partial charge in [0.1, 0.15) is 5.82 Å². The number of hydrogen-bond donors (Lipinski definition) is 0. The van der Waals surface area contributed by atoms with Crippen molar-refractivity contribution in [3.8, 4) is 0 Å². The van der Waals surface area contributed by atoms with E-state index in [1.807, 2.05) is 14.0 Å². The number of rotatable bonds is 4. The molecule has 1 aromatic rings. The summed E-state index contributed by atoms with van der Waals surface area (Å²) >= 11 is 0. The standard InChI is InChI=1S/C18H24FN3O2/c1-12-16(14-4-6-15(19)7-5-14)20-24-17(12)18(23)22(3)11-13-8-9-21(2)10-13/h4-7,12-13,17H,8-11H2,1-3H3. The maximum Gasteiger partial charge on any atom is 0.266 e. The van der Waals surface area contributed by atoms with E-state index >= 15 is 0 Å². The van der Waals surface area contributed by atoms with Crippen molar-refractivity contribution in [2.45, 2.75) is 19.4 Å². The predicted octanol–water partition coefficient (Wildman–Crippen LogP) is 1.97. The van der Waals surface area contributed by atoms with Gasteiger partial charge in [0.25, 0.3) is 5.91 Å². The fourth-order valence-corrected chi connectivity index (χ4v) is 3.50. The fourth-order valence-electron chi connectivity index (χ4n) is 3.50. The molecule has 3 unspecified atom stereocenters. The summed E-state index contributed by atoms with van der Waals surface area (Å²) in [6.45, 7) is 4.77. The van der Waals surface area contributed by atoms with Crippen molar-refractivity contribution < 1.29 is 14.0 Å². The van der Waals surface area contributed by atoms with E-state index in [4.69, 9.17) is 4.84 Å². The largest absolute Gasteiger partial charge is 0.381 e. The highest BCUT2D eigenvalue weighted by atomic mass is 19.1. The Labute approximate surface area is 142 Å². The molecule has 0 saturated carbocycles. The van der Waals surface area contributed by atoms with Crippen LogP contribution in [0.1, 0.15) is 18.9 Å². The molecule has 1 fully saturated rings. The summed E-state index contributed by atoms with van der Waals surface area (Å²) in [6, 6.07) is 6.11. The summed E-state index contributed by atoms with van der Waals surface area (Å²) in [5, 5.41) is 4.08. The van der Waals surface area contributed by atoms with Crippen LogP contribution in [0.3, 0.4) is 0 Å². The Hall–Kier alpha value is -1.95. The monoisotopic (exact) mass is 333 g/mol. The second-order valence-electron chi connectivity index (χ2n) is 6.93. The van der Waals surface area contributed by atoms with Gasteiger partial charge in [-0.1, -0.05) is 24.2 Å². The summed E-state index contributed by atoms with van der Waals surface area (Å²) in [4.78, 5) is 22.2. The summed E-state index contributed by atoms with van der Waals surface area (Å²) in [5.41, 5.74) is 1.49. The lowest BCUT2D eigenvalue weighted by Gasteiger charge is -2.24. The molecule has 5 nitrogen and oxygen atoms in total. The molecule has 2 heterocycles. The molecule has 1 aromatic carbocycles. The first-order valence-electron chi connectivity index (χ1n) is 8.39. The molecule has 0 bridgehead atoms. The van der Waals surface area contributed by atoms with Crippen molar-refractivity contribution in [1.29, 1.82) is 0 Å². The molecule has 24 heavy (non-hydrogen) atoms. The summed E-state index contributed by atoms with van der Waals surface area (Å²) < 4.78 is 13.1. The van der Waals surface area contributed by atoms with E-state index in [-0.39, 0.29) is 17.6 Å². The van der Waals surface area contributed by atoms with E-state index in [0.717, 1.165) is 31.6 Å². The van der Waals surface area contributed by atoms with Crippen LogP contribution in [0, 0.1) is 17.7 Å². The van der Waals surface area contributed by atoms with Gasteiger partial charge < -0.3 is 14.6 Å². The van der Waals surface area contributed by atoms with Crippen LogP contribution in [0.5, 0.6) is 0 Å². The van der Waals surface area contributed by atoms with Gasteiger partial charge in [-0.2, -0.15) is 0 Å². The van der Waals surface area contributed by atoms with Crippen LogP contribution in [-0.2, 0) is 9.63 Å². The highest BCUT2D eigenvalue weighted by molar-refractivity contribution is 6.05. The van der Waals surface area contributed by atoms with Gasteiger partial charge in [-0.3, -0.25) is 4.79 Å². The third kappa shape index (κ3) is 3.43. The van der Waals surface area contributed by atoms with Crippen LogP contribution in [0.4, 0.5) is 4.39 Å². The molecule has 0 aliphatic carbocycles. The van der Waals surface area contributed by atoms with Crippen LogP contribution < -0.4 is 0 Å². The SMILES string of the molecule is CC1C(c2ccc(F)cc2)=NOC1C(=O)N(C)CC1CCN(C)C1. The van der Waals surface area contributed by atoms with E-state index in [0.29, 0.717) is 11.6 Å². The lowest BCUT2D eigenvalue weighted by atomic mass is 9.93. The summed E-state index contributed by atoms with van der Waals surface area (Å²) in [7, 11) is 3.93. The Morgan fingerprint density at radius 2 is 2.12 bits per heavy atom. The van der Waals surface area contributed by atoms with Crippen LogP contribution in [0.15, 0.2) is 29.4 Å². The highest BCUT2D eigenvalue weighted by Gasteiger charge is 2.39. The first-order valence-corrected chi connectivity index (χ1v) is 8.39. The number of likely N-dealkylation sites (tertiary alicyclic amines) is 1. The zero-order valence-electron chi connectivity index (χ0n) is 14.4. The molecule has 0 aromatic heterocycles. The number of hydrogen-bond acceptors (Lipinski definition) is 4. The molecule has 2 aliphatic heterocycles. The van der Waals surface area contributed by atoms with Crippen molar-refractivity contribution in [3.63, 3.8) is 0 Å². The van der Waals surface area contributed by atoms with E-state index in [1.165, 1.54) is 12.1 Å². The van der Waals surface area contributed by atoms with Crippen molar-refractivity contribution in [2.75, 3.05) is 33.7 Å². The minimum atomic E-state index is -0.603. The van der Waals surface area contributed by atoms with E-state index in [2.05, 4.69) is 17.1 Å². The molecule has 1 amide bonds. The Morgan fingerprint density at radius 3 is 2.75 bits per heavy atom. The maximum absolute atomic E-state index is 13.1. The van der Waals surface area contributed by atoms with Crippen molar-refractivity contribution >= 4 is 11.6 Å². The van der Waals surface area contributed by atoms with Crippen molar-refractivity contribution in [3.05, 3.63) is 35.6 Å². The van der Waals surface area contributed by atoms with Gasteiger partial charge in [-0.05, 0) is 43.6 Å². The van der Waals surface area contributed by atoms with E-state index < -0.39 is 6.10 Å². The predicted molar refractivity (Wildman–Crippen MR) is 90.2 cm³/mol. The molecule has 3 atom stereocenters. The van der Waals surface area contributed by atoms with Crippen LogP contribution in [0.25, 0.3) is 0 Å². The Bertz CT molecular complexity index is 632. The quantitative estimate of drug-likeness (QED) is 0.846. The number of carbonyl (C=O) groups excluding carboxylic acids is 1. The number of benzene rings is 1. The third-order valence-electron chi connectivity index (χ3n) is 4.93. The summed E-state index contributed by atoms with van der Waals surface area (Å²) in [5.74, 6) is 0.0209. The number of carbonyl (C=O) groups is 1. The second-order valence-corrected chi connectivity index (χ2v) is 6.93. The molecule has 2 aliphatic rings. The zero-order valence-corrected chi connectivity index (χ0v) is 14.4. The van der Waals surface area contributed by atoms with Gasteiger partial charge >= 0.3 is 0 Å².